The maximum absolute atomic E-state index is 14.0. The molecule has 0 radical (unpaired) electrons. The number of hydrogen-bond donors (Lipinski definition) is 1. The van der Waals surface area contributed by atoms with Crippen molar-refractivity contribution in [2.45, 2.75) is 32.0 Å². The summed E-state index contributed by atoms with van der Waals surface area (Å²) in [5, 5.41) is 0.774. The molecular weight excluding hydrogens is 247 g/mol. The third kappa shape index (κ3) is 2.05. The van der Waals surface area contributed by atoms with E-state index in [1.165, 1.54) is 18.9 Å². The number of nitrogens with two attached hydrogens (primary N) is 1. The van der Waals surface area contributed by atoms with Gasteiger partial charge in [0.15, 0.2) is 0 Å². The Kier molecular flexibility index (Phi) is 3.09. The van der Waals surface area contributed by atoms with Crippen molar-refractivity contribution in [1.29, 1.82) is 0 Å². The first-order valence-corrected chi connectivity index (χ1v) is 7.11. The van der Waals surface area contributed by atoms with Gasteiger partial charge in [0.1, 0.15) is 5.82 Å². The van der Waals surface area contributed by atoms with Crippen molar-refractivity contribution >= 4 is 21.4 Å². The molecule has 1 aromatic carbocycles. The molecule has 2 nitrogen and oxygen atoms in total. The van der Waals surface area contributed by atoms with Gasteiger partial charge in [-0.2, -0.15) is 0 Å². The first kappa shape index (κ1) is 12.1. The maximum Gasteiger partial charge on any atom is 0.132 e. The van der Waals surface area contributed by atoms with E-state index in [-0.39, 0.29) is 5.82 Å². The molecule has 1 saturated carbocycles. The van der Waals surface area contributed by atoms with Crippen LogP contribution in [0.15, 0.2) is 18.2 Å². The Labute approximate surface area is 110 Å². The van der Waals surface area contributed by atoms with Crippen LogP contribution >= 0.6 is 11.3 Å². The van der Waals surface area contributed by atoms with Gasteiger partial charge in [0.25, 0.3) is 0 Å². The van der Waals surface area contributed by atoms with Gasteiger partial charge in [-0.1, -0.05) is 6.07 Å². The predicted molar refractivity (Wildman–Crippen MR) is 74.2 cm³/mol. The molecule has 96 valence electrons. The highest BCUT2D eigenvalue weighted by Crippen LogP contribution is 2.35. The van der Waals surface area contributed by atoms with Gasteiger partial charge in [-0.15, -0.1) is 11.3 Å². The highest BCUT2D eigenvalue weighted by atomic mass is 32.1. The molecular formula is C14H17FN2S. The van der Waals surface area contributed by atoms with E-state index < -0.39 is 0 Å². The molecule has 3 rings (SSSR count). The Morgan fingerprint density at radius 3 is 2.89 bits per heavy atom. The van der Waals surface area contributed by atoms with Crippen molar-refractivity contribution in [3.8, 4) is 0 Å². The highest BCUT2D eigenvalue weighted by Gasteiger charge is 2.27. The van der Waals surface area contributed by atoms with Crippen LogP contribution in [0.3, 0.4) is 0 Å². The molecule has 18 heavy (non-hydrogen) atoms. The molecule has 1 aromatic heterocycles. The fourth-order valence-electron chi connectivity index (χ4n) is 2.44. The molecule has 1 aliphatic carbocycles. The summed E-state index contributed by atoms with van der Waals surface area (Å²) in [7, 11) is 2.11. The van der Waals surface area contributed by atoms with Crippen LogP contribution in [0.25, 0.3) is 10.1 Å². The van der Waals surface area contributed by atoms with Crippen molar-refractivity contribution in [3.05, 3.63) is 34.5 Å². The largest absolute Gasteiger partial charge is 0.326 e. The van der Waals surface area contributed by atoms with E-state index in [4.69, 9.17) is 5.73 Å². The molecule has 1 fully saturated rings. The van der Waals surface area contributed by atoms with E-state index in [1.807, 2.05) is 6.07 Å². The average molecular weight is 264 g/mol. The molecule has 0 bridgehead atoms. The summed E-state index contributed by atoms with van der Waals surface area (Å²) in [6.07, 6.45) is 2.53. The van der Waals surface area contributed by atoms with E-state index in [0.717, 1.165) is 27.1 Å². The topological polar surface area (TPSA) is 29.3 Å². The van der Waals surface area contributed by atoms with Crippen molar-refractivity contribution in [3.63, 3.8) is 0 Å². The summed E-state index contributed by atoms with van der Waals surface area (Å²) in [6.45, 7) is 1.30. The van der Waals surface area contributed by atoms with Gasteiger partial charge in [0, 0.05) is 34.1 Å². The van der Waals surface area contributed by atoms with Crippen molar-refractivity contribution in [2.75, 3.05) is 7.05 Å². The fourth-order valence-corrected chi connectivity index (χ4v) is 3.55. The molecule has 0 aliphatic heterocycles. The van der Waals surface area contributed by atoms with Crippen LogP contribution in [0.2, 0.25) is 0 Å². The van der Waals surface area contributed by atoms with Crippen LogP contribution in [-0.4, -0.2) is 18.0 Å². The average Bonchev–Trinajstić information content (AvgIpc) is 3.14. The van der Waals surface area contributed by atoms with Crippen molar-refractivity contribution in [1.82, 2.24) is 4.90 Å². The SMILES string of the molecule is CN(Cc1c(CN)sc2cccc(F)c12)C1CC1. The smallest absolute Gasteiger partial charge is 0.132 e. The number of nitrogens with zero attached hydrogens (tertiary/aromatic N) is 1. The minimum absolute atomic E-state index is 0.123. The molecule has 1 aliphatic rings. The van der Waals surface area contributed by atoms with E-state index in [1.54, 1.807) is 17.4 Å². The zero-order valence-corrected chi connectivity index (χ0v) is 11.3. The molecule has 2 N–H and O–H groups in total. The lowest BCUT2D eigenvalue weighted by Crippen LogP contribution is -2.20. The van der Waals surface area contributed by atoms with Gasteiger partial charge < -0.3 is 5.73 Å². The Hall–Kier alpha value is -0.970. The summed E-state index contributed by atoms with van der Waals surface area (Å²) in [4.78, 5) is 3.43. The fraction of sp³-hybridized carbons (Fsp3) is 0.429. The lowest BCUT2D eigenvalue weighted by molar-refractivity contribution is 0.317. The first-order valence-electron chi connectivity index (χ1n) is 6.29. The molecule has 0 atom stereocenters. The van der Waals surface area contributed by atoms with Crippen LogP contribution in [0.1, 0.15) is 23.3 Å². The molecule has 0 amide bonds. The lowest BCUT2D eigenvalue weighted by atomic mass is 10.1. The Morgan fingerprint density at radius 2 is 2.22 bits per heavy atom. The number of hydrogen-bond acceptors (Lipinski definition) is 3. The van der Waals surface area contributed by atoms with Gasteiger partial charge >= 0.3 is 0 Å². The summed E-state index contributed by atoms with van der Waals surface area (Å²) >= 11 is 1.62. The second-order valence-corrected chi connectivity index (χ2v) is 6.10. The summed E-state index contributed by atoms with van der Waals surface area (Å²) in [5.41, 5.74) is 6.89. The van der Waals surface area contributed by atoms with Crippen LogP contribution in [0.4, 0.5) is 4.39 Å². The van der Waals surface area contributed by atoms with Gasteiger partial charge in [0.2, 0.25) is 0 Å². The molecule has 1 heterocycles. The zero-order chi connectivity index (χ0) is 12.7. The second-order valence-electron chi connectivity index (χ2n) is 4.97. The molecule has 2 aromatic rings. The standard InChI is InChI=1S/C14H17FN2S/c1-17(9-5-6-9)8-10-13(7-16)18-12-4-2-3-11(15)14(10)12/h2-4,9H,5-8,16H2,1H3. The number of fused-ring (bicyclic) bond motifs is 1. The van der Waals surface area contributed by atoms with E-state index >= 15 is 0 Å². The van der Waals surface area contributed by atoms with Gasteiger partial charge in [-0.3, -0.25) is 4.90 Å². The van der Waals surface area contributed by atoms with Gasteiger partial charge in [0.05, 0.1) is 0 Å². The second kappa shape index (κ2) is 4.61. The van der Waals surface area contributed by atoms with E-state index in [0.29, 0.717) is 12.6 Å². The molecule has 0 saturated heterocycles. The number of benzene rings is 1. The molecule has 0 spiro atoms. The molecule has 0 unspecified atom stereocenters. The quantitative estimate of drug-likeness (QED) is 0.919. The van der Waals surface area contributed by atoms with E-state index in [2.05, 4.69) is 11.9 Å². The highest BCUT2D eigenvalue weighted by molar-refractivity contribution is 7.19. The van der Waals surface area contributed by atoms with Crippen LogP contribution in [0.5, 0.6) is 0 Å². The van der Waals surface area contributed by atoms with Crippen LogP contribution in [0, 0.1) is 5.82 Å². The number of rotatable bonds is 4. The number of thiophene rings is 1. The summed E-state index contributed by atoms with van der Waals surface area (Å²) in [6, 6.07) is 5.96. The molecule has 4 heteroatoms. The van der Waals surface area contributed by atoms with Gasteiger partial charge in [-0.25, -0.2) is 4.39 Å². The van der Waals surface area contributed by atoms with Crippen molar-refractivity contribution in [2.24, 2.45) is 5.73 Å². The Bertz CT molecular complexity index is 574. The normalized spacial score (nSPS) is 15.8. The third-order valence-electron chi connectivity index (χ3n) is 3.61. The van der Waals surface area contributed by atoms with Crippen molar-refractivity contribution < 1.29 is 4.39 Å². The maximum atomic E-state index is 14.0. The van der Waals surface area contributed by atoms with Gasteiger partial charge in [-0.05, 0) is 37.6 Å². The lowest BCUT2D eigenvalue weighted by Gasteiger charge is -2.16. The van der Waals surface area contributed by atoms with Crippen LogP contribution < -0.4 is 5.73 Å². The monoisotopic (exact) mass is 264 g/mol. The summed E-state index contributed by atoms with van der Waals surface area (Å²) in [5.74, 6) is -0.123. The Balaban J connectivity index is 2.06. The number of halogens is 1. The third-order valence-corrected chi connectivity index (χ3v) is 4.83. The zero-order valence-electron chi connectivity index (χ0n) is 10.4. The minimum atomic E-state index is -0.123. The van der Waals surface area contributed by atoms with Crippen LogP contribution in [-0.2, 0) is 13.1 Å². The summed E-state index contributed by atoms with van der Waals surface area (Å²) < 4.78 is 15.0. The first-order chi connectivity index (χ1) is 8.70. The van der Waals surface area contributed by atoms with E-state index in [9.17, 15) is 4.39 Å². The predicted octanol–water partition coefficient (Wildman–Crippen LogP) is 3.09. The Morgan fingerprint density at radius 1 is 1.44 bits per heavy atom. The minimum Gasteiger partial charge on any atom is -0.326 e.